The maximum absolute atomic E-state index is 12.0. The second-order valence-corrected chi connectivity index (χ2v) is 8.21. The first-order valence-electron chi connectivity index (χ1n) is 9.78. The molecule has 1 atom stereocenters. The lowest BCUT2D eigenvalue weighted by Gasteiger charge is -2.26. The van der Waals surface area contributed by atoms with Crippen LogP contribution >= 0.6 is 11.8 Å². The standard InChI is InChI=1S/C24H25NO4S/c1-4-16-8-7-11-20-24(16)18(17-9-5-6-10-19(17)30-20)12-13-21(25(2)3)29-23(28)15-14-22(26)27/h5-12,14-15,21H,4,13H2,1-3H3,(H,26,27)/b15-14+,18-12+. The Kier molecular flexibility index (Phi) is 7.13. The van der Waals surface area contributed by atoms with E-state index in [1.54, 1.807) is 16.7 Å². The monoisotopic (exact) mass is 423 g/mol. The van der Waals surface area contributed by atoms with Crippen LogP contribution in [0.4, 0.5) is 0 Å². The van der Waals surface area contributed by atoms with Crippen LogP contribution in [0.3, 0.4) is 0 Å². The number of rotatable bonds is 7. The Hall–Kier alpha value is -2.83. The second-order valence-electron chi connectivity index (χ2n) is 7.12. The smallest absolute Gasteiger partial charge is 0.332 e. The Balaban J connectivity index is 1.95. The molecular weight excluding hydrogens is 398 g/mol. The van der Waals surface area contributed by atoms with Crippen molar-refractivity contribution >= 4 is 29.3 Å². The van der Waals surface area contributed by atoms with Crippen LogP contribution in [-0.2, 0) is 20.7 Å². The number of aryl methyl sites for hydroxylation is 1. The number of carboxylic acids is 1. The third-order valence-corrected chi connectivity index (χ3v) is 6.01. The van der Waals surface area contributed by atoms with E-state index in [1.165, 1.54) is 26.5 Å². The molecule has 0 bridgehead atoms. The van der Waals surface area contributed by atoms with Gasteiger partial charge in [-0.15, -0.1) is 0 Å². The SMILES string of the molecule is CCc1cccc2c1/C(=C/CC(OC(=O)/C=C/C(=O)O)N(C)C)c1ccccc1S2. The molecule has 0 fully saturated rings. The van der Waals surface area contributed by atoms with Crippen LogP contribution < -0.4 is 0 Å². The highest BCUT2D eigenvalue weighted by atomic mass is 32.2. The molecule has 2 aromatic rings. The molecule has 0 amide bonds. The van der Waals surface area contributed by atoms with Crippen molar-refractivity contribution in [3.05, 3.63) is 77.4 Å². The van der Waals surface area contributed by atoms with Crippen molar-refractivity contribution < 1.29 is 19.4 Å². The van der Waals surface area contributed by atoms with Gasteiger partial charge in [0, 0.05) is 28.4 Å². The van der Waals surface area contributed by atoms with Crippen LogP contribution in [0, 0.1) is 0 Å². The van der Waals surface area contributed by atoms with Crippen molar-refractivity contribution in [3.8, 4) is 0 Å². The number of ether oxygens (including phenoxy) is 1. The summed E-state index contributed by atoms with van der Waals surface area (Å²) in [6, 6.07) is 14.7. The van der Waals surface area contributed by atoms with E-state index in [-0.39, 0.29) is 0 Å². The Labute approximate surface area is 181 Å². The summed E-state index contributed by atoms with van der Waals surface area (Å²) < 4.78 is 5.47. The summed E-state index contributed by atoms with van der Waals surface area (Å²) in [6.45, 7) is 2.15. The molecule has 0 radical (unpaired) electrons. The molecule has 0 saturated carbocycles. The molecule has 2 aromatic carbocycles. The van der Waals surface area contributed by atoms with Crippen LogP contribution in [0.15, 0.2) is 70.5 Å². The molecule has 1 heterocycles. The molecule has 0 saturated heterocycles. The maximum Gasteiger partial charge on any atom is 0.332 e. The maximum atomic E-state index is 12.0. The summed E-state index contributed by atoms with van der Waals surface area (Å²) in [4.78, 5) is 26.9. The molecule has 3 rings (SSSR count). The third kappa shape index (κ3) is 5.01. The summed E-state index contributed by atoms with van der Waals surface area (Å²) in [7, 11) is 3.65. The first kappa shape index (κ1) is 21.9. The van der Waals surface area contributed by atoms with Crippen LogP contribution in [0.25, 0.3) is 5.57 Å². The fourth-order valence-electron chi connectivity index (χ4n) is 3.40. The lowest BCUT2D eigenvalue weighted by Crippen LogP contribution is -2.32. The highest BCUT2D eigenvalue weighted by Crippen LogP contribution is 2.46. The van der Waals surface area contributed by atoms with E-state index in [2.05, 4.69) is 43.3 Å². The van der Waals surface area contributed by atoms with Crippen LogP contribution in [-0.4, -0.2) is 42.3 Å². The lowest BCUT2D eigenvalue weighted by atomic mass is 9.91. The second kappa shape index (κ2) is 9.78. The molecule has 30 heavy (non-hydrogen) atoms. The topological polar surface area (TPSA) is 66.8 Å². The molecule has 1 unspecified atom stereocenters. The zero-order valence-electron chi connectivity index (χ0n) is 17.3. The van der Waals surface area contributed by atoms with Gasteiger partial charge in [0.1, 0.15) is 0 Å². The van der Waals surface area contributed by atoms with Crippen LogP contribution in [0.2, 0.25) is 0 Å². The quantitative estimate of drug-likeness (QED) is 0.340. The van der Waals surface area contributed by atoms with Gasteiger partial charge in [0.05, 0.1) is 0 Å². The summed E-state index contributed by atoms with van der Waals surface area (Å²) in [5.41, 5.74) is 4.83. The zero-order valence-corrected chi connectivity index (χ0v) is 18.1. The predicted octanol–water partition coefficient (Wildman–Crippen LogP) is 4.61. The molecule has 0 aromatic heterocycles. The number of carbonyl (C=O) groups excluding carboxylic acids is 1. The van der Waals surface area contributed by atoms with Gasteiger partial charge >= 0.3 is 11.9 Å². The normalized spacial score (nSPS) is 15.1. The molecule has 5 nitrogen and oxygen atoms in total. The van der Waals surface area contributed by atoms with Gasteiger partial charge in [-0.2, -0.15) is 0 Å². The van der Waals surface area contributed by atoms with Crippen molar-refractivity contribution in [2.24, 2.45) is 0 Å². The first-order valence-corrected chi connectivity index (χ1v) is 10.6. The highest BCUT2D eigenvalue weighted by molar-refractivity contribution is 7.99. The number of hydrogen-bond acceptors (Lipinski definition) is 5. The molecular formula is C24H25NO4S. The summed E-state index contributed by atoms with van der Waals surface area (Å²) in [5, 5.41) is 8.70. The van der Waals surface area contributed by atoms with E-state index >= 15 is 0 Å². The highest BCUT2D eigenvalue weighted by Gasteiger charge is 2.23. The Morgan fingerprint density at radius 1 is 1.10 bits per heavy atom. The number of aliphatic carboxylic acids is 1. The number of nitrogens with zero attached hydrogens (tertiary/aromatic N) is 1. The van der Waals surface area contributed by atoms with E-state index in [0.717, 1.165) is 24.1 Å². The van der Waals surface area contributed by atoms with E-state index < -0.39 is 18.2 Å². The zero-order chi connectivity index (χ0) is 21.7. The summed E-state index contributed by atoms with van der Waals surface area (Å²) in [5.74, 6) is -1.86. The van der Waals surface area contributed by atoms with Gasteiger partial charge in [-0.25, -0.2) is 9.59 Å². The summed E-state index contributed by atoms with van der Waals surface area (Å²) >= 11 is 1.77. The van der Waals surface area contributed by atoms with Gasteiger partial charge in [-0.1, -0.05) is 55.1 Å². The Bertz CT molecular complexity index is 1010. The number of hydrogen-bond donors (Lipinski definition) is 1. The Morgan fingerprint density at radius 2 is 1.83 bits per heavy atom. The van der Waals surface area contributed by atoms with Gasteiger partial charge in [0.2, 0.25) is 0 Å². The average Bonchev–Trinajstić information content (AvgIpc) is 2.73. The van der Waals surface area contributed by atoms with Crippen molar-refractivity contribution in [2.75, 3.05) is 14.1 Å². The van der Waals surface area contributed by atoms with Gasteiger partial charge in [0.15, 0.2) is 6.23 Å². The van der Waals surface area contributed by atoms with E-state index in [9.17, 15) is 9.59 Å². The number of carboxylic acid groups (broad SMARTS) is 1. The predicted molar refractivity (Wildman–Crippen MR) is 118 cm³/mol. The van der Waals surface area contributed by atoms with Gasteiger partial charge < -0.3 is 9.84 Å². The van der Waals surface area contributed by atoms with Crippen molar-refractivity contribution in [3.63, 3.8) is 0 Å². The fourth-order valence-corrected chi connectivity index (χ4v) is 4.56. The molecule has 1 N–H and O–H groups in total. The van der Waals surface area contributed by atoms with E-state index in [4.69, 9.17) is 9.84 Å². The molecule has 156 valence electrons. The molecule has 0 spiro atoms. The number of benzene rings is 2. The number of fused-ring (bicyclic) bond motifs is 2. The number of carbonyl (C=O) groups is 2. The fraction of sp³-hybridized carbons (Fsp3) is 0.250. The van der Waals surface area contributed by atoms with Gasteiger partial charge in [-0.3, -0.25) is 4.90 Å². The number of esters is 1. The minimum atomic E-state index is -1.18. The Morgan fingerprint density at radius 3 is 2.53 bits per heavy atom. The molecule has 1 aliphatic heterocycles. The van der Waals surface area contributed by atoms with Crippen molar-refractivity contribution in [1.29, 1.82) is 0 Å². The lowest BCUT2D eigenvalue weighted by molar-refractivity contribution is -0.150. The van der Waals surface area contributed by atoms with Crippen LogP contribution in [0.5, 0.6) is 0 Å². The average molecular weight is 424 g/mol. The van der Waals surface area contributed by atoms with Crippen LogP contribution in [0.1, 0.15) is 30.0 Å². The first-order chi connectivity index (χ1) is 14.4. The summed E-state index contributed by atoms with van der Waals surface area (Å²) in [6.07, 6.45) is 4.73. The van der Waals surface area contributed by atoms with Crippen molar-refractivity contribution in [1.82, 2.24) is 4.90 Å². The molecule has 6 heteroatoms. The van der Waals surface area contributed by atoms with E-state index in [1.807, 2.05) is 26.2 Å². The van der Waals surface area contributed by atoms with Crippen molar-refractivity contribution in [2.45, 2.75) is 35.8 Å². The largest absolute Gasteiger partial charge is 0.478 e. The van der Waals surface area contributed by atoms with Gasteiger partial charge in [0.25, 0.3) is 0 Å². The minimum absolute atomic E-state index is 0.478. The molecule has 1 aliphatic rings. The minimum Gasteiger partial charge on any atom is -0.478 e. The third-order valence-electron chi connectivity index (χ3n) is 4.87. The van der Waals surface area contributed by atoms with Gasteiger partial charge in [-0.05, 0) is 54.9 Å². The molecule has 0 aliphatic carbocycles. The van der Waals surface area contributed by atoms with E-state index in [0.29, 0.717) is 6.42 Å².